The second-order valence-electron chi connectivity index (χ2n) is 4.86. The van der Waals surface area contributed by atoms with Gasteiger partial charge in [0.25, 0.3) is 11.8 Å². The maximum absolute atomic E-state index is 13.5. The highest BCUT2D eigenvalue weighted by molar-refractivity contribution is 6.67. The van der Waals surface area contributed by atoms with Crippen LogP contribution in [0.2, 0.25) is 0 Å². The van der Waals surface area contributed by atoms with Gasteiger partial charge >= 0.3 is 0 Å². The Hall–Kier alpha value is -1.14. The molecule has 4 nitrogen and oxygen atoms in total. The zero-order chi connectivity index (χ0) is 15.8. The molecule has 0 aliphatic carbocycles. The summed E-state index contributed by atoms with van der Waals surface area (Å²) < 4.78 is 22.9. The minimum Gasteiger partial charge on any atom is -0.435 e. The van der Waals surface area contributed by atoms with E-state index in [4.69, 9.17) is 44.3 Å². The molecular weight excluding hydrogens is 354 g/mol. The van der Waals surface area contributed by atoms with Gasteiger partial charge in [-0.15, -0.1) is 0 Å². The monoisotopic (exact) mass is 362 g/mol. The molecule has 0 N–H and O–H groups in total. The quantitative estimate of drug-likeness (QED) is 0.597. The maximum atomic E-state index is 13.5. The van der Waals surface area contributed by atoms with E-state index >= 15 is 0 Å². The fourth-order valence-corrected chi connectivity index (χ4v) is 2.76. The zero-order valence-corrected chi connectivity index (χ0v) is 13.4. The van der Waals surface area contributed by atoms with Crippen LogP contribution >= 0.6 is 34.8 Å². The van der Waals surface area contributed by atoms with Crippen LogP contribution in [0.5, 0.6) is 11.6 Å². The van der Waals surface area contributed by atoms with Crippen LogP contribution in [-0.2, 0) is 10.3 Å². The summed E-state index contributed by atoms with van der Waals surface area (Å²) in [5.74, 6) is -0.588. The van der Waals surface area contributed by atoms with Gasteiger partial charge in [0, 0.05) is 18.8 Å². The van der Waals surface area contributed by atoms with E-state index in [2.05, 4.69) is 9.97 Å². The number of ether oxygens (including phenoxy) is 2. The first kappa shape index (κ1) is 15.7. The fraction of sp³-hybridized carbons (Fsp3) is 0.286. The summed E-state index contributed by atoms with van der Waals surface area (Å²) in [6.07, 6.45) is 2.80. The lowest BCUT2D eigenvalue weighted by atomic mass is 9.97. The Bertz CT molecular complexity index is 690. The summed E-state index contributed by atoms with van der Waals surface area (Å²) in [6.45, 7) is 0.448. The molecule has 1 unspecified atom stereocenters. The lowest BCUT2D eigenvalue weighted by Crippen LogP contribution is -2.18. The molecule has 1 fully saturated rings. The van der Waals surface area contributed by atoms with Crippen molar-refractivity contribution in [1.29, 1.82) is 0 Å². The molecule has 2 aromatic rings. The molecule has 8 heteroatoms. The summed E-state index contributed by atoms with van der Waals surface area (Å²) in [4.78, 5) is 7.26. The number of benzene rings is 1. The lowest BCUT2D eigenvalue weighted by molar-refractivity contribution is 0.294. The van der Waals surface area contributed by atoms with Crippen molar-refractivity contribution in [3.63, 3.8) is 0 Å². The molecule has 0 bridgehead atoms. The van der Waals surface area contributed by atoms with Crippen LogP contribution < -0.4 is 4.74 Å². The number of hydrogen-bond acceptors (Lipinski definition) is 4. The van der Waals surface area contributed by atoms with Crippen molar-refractivity contribution in [3.8, 4) is 11.6 Å². The average molecular weight is 364 g/mol. The molecule has 0 radical (unpaired) electrons. The Morgan fingerprint density at radius 1 is 1.27 bits per heavy atom. The van der Waals surface area contributed by atoms with Crippen LogP contribution in [0.1, 0.15) is 12.0 Å². The van der Waals surface area contributed by atoms with Crippen LogP contribution in [0.25, 0.3) is 0 Å². The molecule has 1 aliphatic rings. The van der Waals surface area contributed by atoms with Crippen molar-refractivity contribution in [1.82, 2.24) is 9.97 Å². The van der Waals surface area contributed by atoms with Gasteiger partial charge in [0.1, 0.15) is 11.4 Å². The summed E-state index contributed by atoms with van der Waals surface area (Å²) in [6, 6.07) is 6.96. The minimum absolute atomic E-state index is 0.202. The first-order valence-corrected chi connectivity index (χ1v) is 7.47. The molecule has 1 saturated heterocycles. The molecule has 0 amide bonds. The van der Waals surface area contributed by atoms with E-state index in [1.807, 2.05) is 6.07 Å². The van der Waals surface area contributed by atoms with Gasteiger partial charge in [-0.2, -0.15) is 4.39 Å². The molecule has 1 aromatic carbocycles. The number of epoxide rings is 1. The van der Waals surface area contributed by atoms with Gasteiger partial charge in [-0.05, 0) is 17.7 Å². The maximum Gasteiger partial charge on any atom is 0.276 e. The normalized spacial score (nSPS) is 20.7. The number of hydrogen-bond donors (Lipinski definition) is 0. The number of halogens is 4. The summed E-state index contributed by atoms with van der Waals surface area (Å²) in [5, 5.41) is 0. The Morgan fingerprint density at radius 2 is 2.00 bits per heavy atom. The lowest BCUT2D eigenvalue weighted by Gasteiger charge is -2.18. The van der Waals surface area contributed by atoms with Gasteiger partial charge in [0.2, 0.25) is 0 Å². The zero-order valence-electron chi connectivity index (χ0n) is 11.1. The molecule has 0 saturated carbocycles. The van der Waals surface area contributed by atoms with Crippen LogP contribution in [0.15, 0.2) is 36.7 Å². The predicted molar refractivity (Wildman–Crippen MR) is 81.0 cm³/mol. The number of rotatable bonds is 4. The van der Waals surface area contributed by atoms with Gasteiger partial charge in [-0.1, -0.05) is 46.9 Å². The first-order chi connectivity index (χ1) is 10.4. The highest BCUT2D eigenvalue weighted by Crippen LogP contribution is 2.50. The summed E-state index contributed by atoms with van der Waals surface area (Å²) in [5.41, 5.74) is 0.145. The summed E-state index contributed by atoms with van der Waals surface area (Å²) >= 11 is 17.5. The number of alkyl halides is 3. The van der Waals surface area contributed by atoms with E-state index in [0.29, 0.717) is 12.4 Å². The molecule has 116 valence electrons. The van der Waals surface area contributed by atoms with Crippen molar-refractivity contribution >= 4 is 34.8 Å². The van der Waals surface area contributed by atoms with Gasteiger partial charge in [0.15, 0.2) is 3.79 Å². The highest BCUT2D eigenvalue weighted by atomic mass is 35.6. The first-order valence-electron chi connectivity index (χ1n) is 6.34. The van der Waals surface area contributed by atoms with E-state index < -0.39 is 15.3 Å². The molecule has 1 atom stereocenters. The SMILES string of the molecule is Fc1nccnc1Oc1cccc(C2(CC(Cl)(Cl)Cl)CO2)c1. The standard InChI is InChI=1S/C14H10Cl3FN2O2/c15-14(16,17)7-13(8-21-13)9-2-1-3-10(6-9)22-12-11(18)19-4-5-20-12/h1-6H,7-8H2. The van der Waals surface area contributed by atoms with E-state index in [1.54, 1.807) is 18.2 Å². The topological polar surface area (TPSA) is 47.5 Å². The van der Waals surface area contributed by atoms with E-state index in [9.17, 15) is 4.39 Å². The second kappa shape index (κ2) is 5.81. The largest absolute Gasteiger partial charge is 0.435 e. The smallest absolute Gasteiger partial charge is 0.276 e. The van der Waals surface area contributed by atoms with Crippen molar-refractivity contribution in [3.05, 3.63) is 48.2 Å². The second-order valence-corrected chi connectivity index (χ2v) is 7.37. The minimum atomic E-state index is -1.43. The third-order valence-electron chi connectivity index (χ3n) is 3.18. The third-order valence-corrected chi connectivity index (χ3v) is 3.58. The molecule has 3 rings (SSSR count). The van der Waals surface area contributed by atoms with Crippen LogP contribution in [0, 0.1) is 5.95 Å². The van der Waals surface area contributed by atoms with Crippen molar-refractivity contribution < 1.29 is 13.9 Å². The third kappa shape index (κ3) is 3.60. The van der Waals surface area contributed by atoms with Crippen LogP contribution in [0.4, 0.5) is 4.39 Å². The van der Waals surface area contributed by atoms with E-state index in [1.165, 1.54) is 12.4 Å². The van der Waals surface area contributed by atoms with E-state index in [0.717, 1.165) is 5.56 Å². The van der Waals surface area contributed by atoms with Crippen molar-refractivity contribution in [2.45, 2.75) is 15.8 Å². The summed E-state index contributed by atoms with van der Waals surface area (Å²) in [7, 11) is 0. The van der Waals surface area contributed by atoms with Gasteiger partial charge in [-0.3, -0.25) is 0 Å². The Balaban J connectivity index is 1.83. The Morgan fingerprint density at radius 3 is 2.64 bits per heavy atom. The molecule has 1 aromatic heterocycles. The van der Waals surface area contributed by atoms with Crippen LogP contribution in [-0.4, -0.2) is 20.4 Å². The highest BCUT2D eigenvalue weighted by Gasteiger charge is 2.51. The molecule has 1 aliphatic heterocycles. The average Bonchev–Trinajstić information content (AvgIpc) is 3.21. The van der Waals surface area contributed by atoms with Gasteiger partial charge in [-0.25, -0.2) is 9.97 Å². The van der Waals surface area contributed by atoms with Crippen molar-refractivity contribution in [2.75, 3.05) is 6.61 Å². The molecule has 0 spiro atoms. The van der Waals surface area contributed by atoms with Crippen LogP contribution in [0.3, 0.4) is 0 Å². The van der Waals surface area contributed by atoms with Gasteiger partial charge in [0.05, 0.1) is 6.61 Å². The fourth-order valence-electron chi connectivity index (χ4n) is 2.11. The van der Waals surface area contributed by atoms with E-state index in [-0.39, 0.29) is 12.3 Å². The van der Waals surface area contributed by atoms with Crippen molar-refractivity contribution in [2.24, 2.45) is 0 Å². The number of aromatic nitrogens is 2. The Kier molecular flexibility index (Phi) is 4.16. The Labute approximate surface area is 141 Å². The molecule has 2 heterocycles. The van der Waals surface area contributed by atoms with Gasteiger partial charge < -0.3 is 9.47 Å². The predicted octanol–water partition coefficient (Wildman–Crippen LogP) is 4.39. The molecular formula is C14H10Cl3FN2O2. The molecule has 22 heavy (non-hydrogen) atoms. The number of nitrogens with zero attached hydrogens (tertiary/aromatic N) is 2.